The van der Waals surface area contributed by atoms with Crippen LogP contribution in [0.4, 0.5) is 10.9 Å². The highest BCUT2D eigenvalue weighted by molar-refractivity contribution is 7.18. The summed E-state index contributed by atoms with van der Waals surface area (Å²) in [5.41, 5.74) is 5.97. The van der Waals surface area contributed by atoms with E-state index in [-0.39, 0.29) is 5.91 Å². The molecule has 1 saturated carbocycles. The van der Waals surface area contributed by atoms with Crippen LogP contribution in [0.2, 0.25) is 0 Å². The van der Waals surface area contributed by atoms with E-state index in [4.69, 9.17) is 5.73 Å². The molecule has 21 heavy (non-hydrogen) atoms. The second-order valence-electron chi connectivity index (χ2n) is 5.84. The number of nitrogens with two attached hydrogens (primary N) is 1. The van der Waals surface area contributed by atoms with Crippen molar-refractivity contribution in [2.45, 2.75) is 51.5 Å². The molecule has 0 radical (unpaired) electrons. The summed E-state index contributed by atoms with van der Waals surface area (Å²) in [7, 11) is 3.88. The topological polar surface area (TPSA) is 62.5 Å². The van der Waals surface area contributed by atoms with Crippen molar-refractivity contribution in [3.63, 3.8) is 0 Å². The van der Waals surface area contributed by atoms with Crippen LogP contribution in [0.3, 0.4) is 0 Å². The SMILES string of the molecule is CCCN(C)c1nc(N)c(C(=O)N(C)C2CCCCC2)s1. The van der Waals surface area contributed by atoms with Gasteiger partial charge in [0.1, 0.15) is 10.7 Å². The first-order valence-electron chi connectivity index (χ1n) is 7.79. The van der Waals surface area contributed by atoms with Gasteiger partial charge in [0.2, 0.25) is 0 Å². The van der Waals surface area contributed by atoms with Crippen molar-refractivity contribution in [3.8, 4) is 0 Å². The van der Waals surface area contributed by atoms with Crippen LogP contribution in [0.1, 0.15) is 55.1 Å². The van der Waals surface area contributed by atoms with E-state index >= 15 is 0 Å². The fourth-order valence-corrected chi connectivity index (χ4v) is 3.82. The number of hydrogen-bond donors (Lipinski definition) is 1. The second kappa shape index (κ2) is 7.11. The van der Waals surface area contributed by atoms with Gasteiger partial charge < -0.3 is 15.5 Å². The molecule has 6 heteroatoms. The molecule has 1 aliphatic carbocycles. The number of rotatable bonds is 5. The van der Waals surface area contributed by atoms with Crippen LogP contribution in [0.15, 0.2) is 0 Å². The van der Waals surface area contributed by atoms with Crippen LogP contribution in [-0.2, 0) is 0 Å². The summed E-state index contributed by atoms with van der Waals surface area (Å²) in [6.07, 6.45) is 6.96. The van der Waals surface area contributed by atoms with Gasteiger partial charge in [-0.1, -0.05) is 37.5 Å². The van der Waals surface area contributed by atoms with Gasteiger partial charge in [0.05, 0.1) is 0 Å². The molecule has 118 valence electrons. The van der Waals surface area contributed by atoms with Crippen molar-refractivity contribution in [2.75, 3.05) is 31.3 Å². The predicted molar refractivity (Wildman–Crippen MR) is 89.1 cm³/mol. The van der Waals surface area contributed by atoms with Gasteiger partial charge in [-0.25, -0.2) is 4.98 Å². The van der Waals surface area contributed by atoms with Crippen LogP contribution >= 0.6 is 11.3 Å². The van der Waals surface area contributed by atoms with Crippen molar-refractivity contribution in [1.29, 1.82) is 0 Å². The Bertz CT molecular complexity index is 482. The molecular weight excluding hydrogens is 284 g/mol. The fourth-order valence-electron chi connectivity index (χ4n) is 2.86. The van der Waals surface area contributed by atoms with E-state index in [1.807, 2.05) is 19.0 Å². The van der Waals surface area contributed by atoms with Crippen LogP contribution in [0.25, 0.3) is 0 Å². The van der Waals surface area contributed by atoms with Gasteiger partial charge in [0.25, 0.3) is 5.91 Å². The highest BCUT2D eigenvalue weighted by atomic mass is 32.1. The molecule has 0 bridgehead atoms. The first-order valence-corrected chi connectivity index (χ1v) is 8.60. The zero-order valence-corrected chi connectivity index (χ0v) is 14.1. The molecule has 1 aliphatic rings. The first-order chi connectivity index (χ1) is 10.0. The molecule has 0 saturated heterocycles. The maximum absolute atomic E-state index is 12.7. The van der Waals surface area contributed by atoms with E-state index in [9.17, 15) is 4.79 Å². The molecule has 2 N–H and O–H groups in total. The molecule has 1 heterocycles. The van der Waals surface area contributed by atoms with Crippen LogP contribution < -0.4 is 10.6 Å². The third-order valence-corrected chi connectivity index (χ3v) is 5.34. The molecule has 0 aromatic carbocycles. The maximum atomic E-state index is 12.7. The highest BCUT2D eigenvalue weighted by Gasteiger charge is 2.26. The largest absolute Gasteiger partial charge is 0.382 e. The Morgan fingerprint density at radius 2 is 2.00 bits per heavy atom. The monoisotopic (exact) mass is 310 g/mol. The van der Waals surface area contributed by atoms with Gasteiger partial charge in [0, 0.05) is 26.7 Å². The maximum Gasteiger partial charge on any atom is 0.267 e. The molecule has 1 amide bonds. The summed E-state index contributed by atoms with van der Waals surface area (Å²) in [5.74, 6) is 0.388. The lowest BCUT2D eigenvalue weighted by Gasteiger charge is -2.30. The normalized spacial score (nSPS) is 16.0. The van der Waals surface area contributed by atoms with E-state index in [0.717, 1.165) is 30.9 Å². The minimum Gasteiger partial charge on any atom is -0.382 e. The number of anilines is 2. The first kappa shape index (κ1) is 16.1. The molecule has 0 spiro atoms. The number of nitrogens with zero attached hydrogens (tertiary/aromatic N) is 3. The minimum absolute atomic E-state index is 0.0213. The fraction of sp³-hybridized carbons (Fsp3) is 0.733. The van der Waals surface area contributed by atoms with Gasteiger partial charge in [0.15, 0.2) is 5.13 Å². The molecule has 1 fully saturated rings. The van der Waals surface area contributed by atoms with E-state index in [0.29, 0.717) is 16.7 Å². The summed E-state index contributed by atoms with van der Waals surface area (Å²) in [6, 6.07) is 0.351. The molecule has 0 atom stereocenters. The zero-order chi connectivity index (χ0) is 15.4. The van der Waals surface area contributed by atoms with Gasteiger partial charge in [-0.3, -0.25) is 4.79 Å². The number of carbonyl (C=O) groups excluding carboxylic acids is 1. The zero-order valence-electron chi connectivity index (χ0n) is 13.3. The van der Waals surface area contributed by atoms with Crippen LogP contribution in [0.5, 0.6) is 0 Å². The predicted octanol–water partition coefficient (Wildman–Crippen LogP) is 2.98. The summed E-state index contributed by atoms with van der Waals surface area (Å²) in [6.45, 7) is 3.04. The number of thiazole rings is 1. The Balaban J connectivity index is 2.11. The van der Waals surface area contributed by atoms with E-state index in [1.165, 1.54) is 30.6 Å². The van der Waals surface area contributed by atoms with Gasteiger partial charge in [-0.15, -0.1) is 0 Å². The average molecular weight is 310 g/mol. The Kier molecular flexibility index (Phi) is 5.45. The highest BCUT2D eigenvalue weighted by Crippen LogP contribution is 2.30. The van der Waals surface area contributed by atoms with E-state index < -0.39 is 0 Å². The lowest BCUT2D eigenvalue weighted by Crippen LogP contribution is -2.38. The smallest absolute Gasteiger partial charge is 0.267 e. The Morgan fingerprint density at radius 3 is 2.62 bits per heavy atom. The van der Waals surface area contributed by atoms with Gasteiger partial charge >= 0.3 is 0 Å². The minimum atomic E-state index is 0.0213. The lowest BCUT2D eigenvalue weighted by molar-refractivity contribution is 0.0702. The quantitative estimate of drug-likeness (QED) is 0.908. The van der Waals surface area contributed by atoms with Crippen LogP contribution in [0, 0.1) is 0 Å². The van der Waals surface area contributed by atoms with Gasteiger partial charge in [-0.2, -0.15) is 0 Å². The molecule has 5 nitrogen and oxygen atoms in total. The van der Waals surface area contributed by atoms with Crippen molar-refractivity contribution in [3.05, 3.63) is 4.88 Å². The number of carbonyl (C=O) groups is 1. The Hall–Kier alpha value is -1.30. The van der Waals surface area contributed by atoms with Crippen molar-refractivity contribution in [2.24, 2.45) is 0 Å². The number of aromatic nitrogens is 1. The van der Waals surface area contributed by atoms with Crippen LogP contribution in [-0.4, -0.2) is 42.5 Å². The molecule has 0 aliphatic heterocycles. The number of hydrogen-bond acceptors (Lipinski definition) is 5. The van der Waals surface area contributed by atoms with E-state index in [1.54, 1.807) is 0 Å². The Labute approximate surface area is 131 Å². The third-order valence-electron chi connectivity index (χ3n) is 4.16. The average Bonchev–Trinajstić information content (AvgIpc) is 2.89. The summed E-state index contributed by atoms with van der Waals surface area (Å²) < 4.78 is 0. The van der Waals surface area contributed by atoms with E-state index in [2.05, 4.69) is 16.8 Å². The lowest BCUT2D eigenvalue weighted by atomic mass is 9.94. The summed E-state index contributed by atoms with van der Waals surface area (Å²) in [5, 5.41) is 0.828. The second-order valence-corrected chi connectivity index (χ2v) is 6.82. The number of amides is 1. The molecule has 0 unspecified atom stereocenters. The summed E-state index contributed by atoms with van der Waals surface area (Å²) in [4.78, 5) is 21.5. The standard InChI is InChI=1S/C15H26N4OS/c1-4-10-18(2)15-17-13(16)12(21-15)14(20)19(3)11-8-6-5-7-9-11/h11H,4-10,16H2,1-3H3. The summed E-state index contributed by atoms with van der Waals surface area (Å²) >= 11 is 1.41. The number of nitrogen functional groups attached to an aromatic ring is 1. The molecule has 2 rings (SSSR count). The van der Waals surface area contributed by atoms with Crippen molar-refractivity contribution < 1.29 is 4.79 Å². The van der Waals surface area contributed by atoms with Gasteiger partial charge in [-0.05, 0) is 19.3 Å². The third kappa shape index (κ3) is 3.67. The van der Waals surface area contributed by atoms with Crippen molar-refractivity contribution in [1.82, 2.24) is 9.88 Å². The Morgan fingerprint density at radius 1 is 1.33 bits per heavy atom. The molecular formula is C15H26N4OS. The van der Waals surface area contributed by atoms with Crippen molar-refractivity contribution >= 4 is 28.2 Å². The molecule has 1 aromatic heterocycles. The molecule has 1 aromatic rings.